The van der Waals surface area contributed by atoms with Gasteiger partial charge in [0.05, 0.1) is 13.2 Å². The molecule has 0 unspecified atom stereocenters. The third-order valence-corrected chi connectivity index (χ3v) is 1.70. The Labute approximate surface area is 83.7 Å². The number of carbonyl (C=O) groups is 1. The van der Waals surface area contributed by atoms with E-state index in [0.29, 0.717) is 31.6 Å². The number of carbonyl (C=O) groups excluding carboxylic acids is 2. The molecule has 78 valence electrons. The van der Waals surface area contributed by atoms with Crippen LogP contribution in [-0.4, -0.2) is 25.2 Å². The lowest BCUT2D eigenvalue weighted by Crippen LogP contribution is -2.09. The molecule has 0 atom stereocenters. The van der Waals surface area contributed by atoms with Gasteiger partial charge in [0.15, 0.2) is 0 Å². The van der Waals surface area contributed by atoms with Crippen molar-refractivity contribution >= 4 is 12.0 Å². The maximum Gasteiger partial charge on any atom is 0.333 e. The first-order chi connectivity index (χ1) is 6.76. The average Bonchev–Trinajstić information content (AvgIpc) is 2.19. The van der Waals surface area contributed by atoms with Crippen LogP contribution in [-0.2, 0) is 14.3 Å². The molecule has 0 aliphatic carbocycles. The Balaban J connectivity index is 3.68. The normalized spacial score (nSPS) is 10.6. The van der Waals surface area contributed by atoms with Crippen molar-refractivity contribution in [2.75, 3.05) is 13.2 Å². The SMILES string of the molecule is CC=C(CC)C(=O)OCCCN=C=O. The molecular weight excluding hydrogens is 182 g/mol. The second-order valence-electron chi connectivity index (χ2n) is 2.63. The van der Waals surface area contributed by atoms with Gasteiger partial charge < -0.3 is 4.74 Å². The summed E-state index contributed by atoms with van der Waals surface area (Å²) in [5.74, 6) is -0.287. The average molecular weight is 197 g/mol. The van der Waals surface area contributed by atoms with Crippen LogP contribution in [0.5, 0.6) is 0 Å². The summed E-state index contributed by atoms with van der Waals surface area (Å²) in [7, 11) is 0. The van der Waals surface area contributed by atoms with Gasteiger partial charge in [0, 0.05) is 12.0 Å². The van der Waals surface area contributed by atoms with E-state index in [1.165, 1.54) is 6.08 Å². The summed E-state index contributed by atoms with van der Waals surface area (Å²) in [4.78, 5) is 24.3. The Morgan fingerprint density at radius 1 is 1.57 bits per heavy atom. The number of esters is 1. The number of ether oxygens (including phenoxy) is 1. The van der Waals surface area contributed by atoms with Crippen LogP contribution in [0.3, 0.4) is 0 Å². The maximum absolute atomic E-state index is 11.2. The van der Waals surface area contributed by atoms with Gasteiger partial charge in [0.1, 0.15) is 0 Å². The summed E-state index contributed by atoms with van der Waals surface area (Å²) >= 11 is 0. The molecule has 0 rings (SSSR count). The number of allylic oxidation sites excluding steroid dienone is 1. The molecule has 0 bridgehead atoms. The first-order valence-electron chi connectivity index (χ1n) is 4.62. The summed E-state index contributed by atoms with van der Waals surface area (Å²) in [6.45, 7) is 4.35. The third kappa shape index (κ3) is 5.27. The molecular formula is C10H15NO3. The standard InChI is InChI=1S/C10H15NO3/c1-3-9(4-2)10(13)14-7-5-6-11-8-12/h3H,4-7H2,1-2H3. The van der Waals surface area contributed by atoms with Crippen LogP contribution in [0.4, 0.5) is 0 Å². The predicted molar refractivity (Wildman–Crippen MR) is 52.6 cm³/mol. The van der Waals surface area contributed by atoms with Crippen LogP contribution >= 0.6 is 0 Å². The number of nitrogens with zero attached hydrogens (tertiary/aromatic N) is 1. The van der Waals surface area contributed by atoms with E-state index in [0.717, 1.165) is 0 Å². The monoisotopic (exact) mass is 197 g/mol. The lowest BCUT2D eigenvalue weighted by molar-refractivity contribution is -0.139. The number of aliphatic imine (C=N–C) groups is 1. The second kappa shape index (κ2) is 8.20. The van der Waals surface area contributed by atoms with E-state index in [4.69, 9.17) is 4.74 Å². The highest BCUT2D eigenvalue weighted by Crippen LogP contribution is 2.03. The largest absolute Gasteiger partial charge is 0.462 e. The van der Waals surface area contributed by atoms with Crippen LogP contribution in [0, 0.1) is 0 Å². The Hall–Kier alpha value is -1.41. The van der Waals surface area contributed by atoms with Gasteiger partial charge in [-0.05, 0) is 13.3 Å². The molecule has 4 nitrogen and oxygen atoms in total. The van der Waals surface area contributed by atoms with E-state index < -0.39 is 0 Å². The lowest BCUT2D eigenvalue weighted by atomic mass is 10.2. The first-order valence-corrected chi connectivity index (χ1v) is 4.62. The molecule has 0 radical (unpaired) electrons. The summed E-state index contributed by atoms with van der Waals surface area (Å²) < 4.78 is 4.94. The second-order valence-corrected chi connectivity index (χ2v) is 2.63. The smallest absolute Gasteiger partial charge is 0.333 e. The minimum atomic E-state index is -0.287. The third-order valence-electron chi connectivity index (χ3n) is 1.70. The van der Waals surface area contributed by atoms with Crippen LogP contribution < -0.4 is 0 Å². The Kier molecular flexibility index (Phi) is 7.37. The van der Waals surface area contributed by atoms with E-state index in [1.54, 1.807) is 13.0 Å². The van der Waals surface area contributed by atoms with Gasteiger partial charge in [-0.2, -0.15) is 0 Å². The zero-order valence-corrected chi connectivity index (χ0v) is 8.58. The van der Waals surface area contributed by atoms with Crippen molar-refractivity contribution in [3.8, 4) is 0 Å². The Bertz CT molecular complexity index is 252. The fourth-order valence-corrected chi connectivity index (χ4v) is 0.913. The molecule has 0 aromatic carbocycles. The van der Waals surface area contributed by atoms with Crippen LogP contribution in [0.15, 0.2) is 16.6 Å². The Morgan fingerprint density at radius 2 is 2.29 bits per heavy atom. The van der Waals surface area contributed by atoms with Gasteiger partial charge in [-0.25, -0.2) is 14.6 Å². The first kappa shape index (κ1) is 12.6. The molecule has 0 spiro atoms. The fourth-order valence-electron chi connectivity index (χ4n) is 0.913. The zero-order valence-electron chi connectivity index (χ0n) is 8.58. The molecule has 0 heterocycles. The number of rotatable bonds is 6. The Morgan fingerprint density at radius 3 is 2.79 bits per heavy atom. The highest BCUT2D eigenvalue weighted by atomic mass is 16.5. The molecule has 0 amide bonds. The molecule has 0 aromatic rings. The summed E-state index contributed by atoms with van der Waals surface area (Å²) in [5.41, 5.74) is 0.670. The summed E-state index contributed by atoms with van der Waals surface area (Å²) in [5, 5.41) is 0. The number of isocyanates is 1. The molecule has 0 N–H and O–H groups in total. The fraction of sp³-hybridized carbons (Fsp3) is 0.600. The van der Waals surface area contributed by atoms with Crippen molar-refractivity contribution < 1.29 is 14.3 Å². The molecule has 4 heteroatoms. The molecule has 14 heavy (non-hydrogen) atoms. The lowest BCUT2D eigenvalue weighted by Gasteiger charge is -2.04. The topological polar surface area (TPSA) is 55.7 Å². The quantitative estimate of drug-likeness (QED) is 0.214. The van der Waals surface area contributed by atoms with Gasteiger partial charge in [0.25, 0.3) is 0 Å². The number of hydrogen-bond donors (Lipinski definition) is 0. The van der Waals surface area contributed by atoms with E-state index in [2.05, 4.69) is 4.99 Å². The summed E-state index contributed by atoms with van der Waals surface area (Å²) in [6, 6.07) is 0. The molecule has 0 saturated carbocycles. The van der Waals surface area contributed by atoms with E-state index in [9.17, 15) is 9.59 Å². The van der Waals surface area contributed by atoms with Gasteiger partial charge in [0.2, 0.25) is 6.08 Å². The van der Waals surface area contributed by atoms with Gasteiger partial charge in [-0.1, -0.05) is 13.0 Å². The van der Waals surface area contributed by atoms with Crippen LogP contribution in [0.1, 0.15) is 26.7 Å². The van der Waals surface area contributed by atoms with Crippen molar-refractivity contribution in [2.24, 2.45) is 4.99 Å². The van der Waals surface area contributed by atoms with Crippen molar-refractivity contribution in [3.05, 3.63) is 11.6 Å². The molecule has 0 saturated heterocycles. The molecule has 0 aromatic heterocycles. The van der Waals surface area contributed by atoms with Crippen molar-refractivity contribution in [1.29, 1.82) is 0 Å². The van der Waals surface area contributed by atoms with Crippen molar-refractivity contribution in [2.45, 2.75) is 26.7 Å². The highest BCUT2D eigenvalue weighted by Gasteiger charge is 2.06. The van der Waals surface area contributed by atoms with Gasteiger partial charge >= 0.3 is 5.97 Å². The van der Waals surface area contributed by atoms with Crippen LogP contribution in [0.2, 0.25) is 0 Å². The van der Waals surface area contributed by atoms with Gasteiger partial charge in [-0.3, -0.25) is 0 Å². The van der Waals surface area contributed by atoms with Crippen LogP contribution in [0.25, 0.3) is 0 Å². The molecule has 0 aliphatic heterocycles. The van der Waals surface area contributed by atoms with E-state index in [-0.39, 0.29) is 5.97 Å². The highest BCUT2D eigenvalue weighted by molar-refractivity contribution is 5.88. The summed E-state index contributed by atoms with van der Waals surface area (Å²) in [6.07, 6.45) is 4.39. The van der Waals surface area contributed by atoms with E-state index >= 15 is 0 Å². The van der Waals surface area contributed by atoms with E-state index in [1.807, 2.05) is 6.92 Å². The molecule has 0 aliphatic rings. The molecule has 0 fully saturated rings. The minimum Gasteiger partial charge on any atom is -0.462 e. The van der Waals surface area contributed by atoms with Crippen molar-refractivity contribution in [3.63, 3.8) is 0 Å². The minimum absolute atomic E-state index is 0.287. The van der Waals surface area contributed by atoms with Crippen molar-refractivity contribution in [1.82, 2.24) is 0 Å². The zero-order chi connectivity index (χ0) is 10.8. The predicted octanol–water partition coefficient (Wildman–Crippen LogP) is 1.61. The maximum atomic E-state index is 11.2. The number of hydrogen-bond acceptors (Lipinski definition) is 4. The van der Waals surface area contributed by atoms with Gasteiger partial charge in [-0.15, -0.1) is 0 Å².